The number of fused-ring (bicyclic) bond motifs is 1. The maximum Gasteiger partial charge on any atom is 0.296 e. The SMILES string of the molecule is NCCc1cn2c(n1)OCCC2. The Labute approximate surface area is 71.3 Å². The molecule has 0 bridgehead atoms. The molecule has 4 heteroatoms. The first-order chi connectivity index (χ1) is 5.90. The number of rotatable bonds is 2. The molecule has 0 spiro atoms. The van der Waals surface area contributed by atoms with Crippen LogP contribution in [0.4, 0.5) is 0 Å². The number of aromatic nitrogens is 2. The first-order valence-corrected chi connectivity index (χ1v) is 4.29. The molecular weight excluding hydrogens is 154 g/mol. The molecule has 0 fully saturated rings. The van der Waals surface area contributed by atoms with E-state index in [1.807, 2.05) is 6.20 Å². The first kappa shape index (κ1) is 7.61. The van der Waals surface area contributed by atoms with Crippen molar-refractivity contribution in [1.82, 2.24) is 9.55 Å². The minimum absolute atomic E-state index is 0.649. The van der Waals surface area contributed by atoms with Crippen molar-refractivity contribution < 1.29 is 4.74 Å². The third-order valence-corrected chi connectivity index (χ3v) is 1.96. The van der Waals surface area contributed by atoms with Gasteiger partial charge in [0.1, 0.15) is 0 Å². The molecule has 0 saturated carbocycles. The minimum Gasteiger partial charge on any atom is -0.465 e. The van der Waals surface area contributed by atoms with Crippen molar-refractivity contribution in [2.24, 2.45) is 5.73 Å². The highest BCUT2D eigenvalue weighted by molar-refractivity contribution is 5.10. The predicted octanol–water partition coefficient (Wildman–Crippen LogP) is 0.167. The van der Waals surface area contributed by atoms with Crippen molar-refractivity contribution in [2.75, 3.05) is 13.2 Å². The van der Waals surface area contributed by atoms with Crippen molar-refractivity contribution >= 4 is 0 Å². The Bertz CT molecular complexity index is 246. The number of nitrogens with zero attached hydrogens (tertiary/aromatic N) is 2. The van der Waals surface area contributed by atoms with Gasteiger partial charge in [0.05, 0.1) is 12.3 Å². The maximum absolute atomic E-state index is 5.43. The van der Waals surface area contributed by atoms with Crippen molar-refractivity contribution in [3.8, 4) is 6.01 Å². The molecule has 2 N–H and O–H groups in total. The van der Waals surface area contributed by atoms with Gasteiger partial charge in [-0.05, 0) is 13.0 Å². The summed E-state index contributed by atoms with van der Waals surface area (Å²) < 4.78 is 7.41. The molecule has 0 radical (unpaired) electrons. The van der Waals surface area contributed by atoms with Gasteiger partial charge in [-0.2, -0.15) is 0 Å². The Balaban J connectivity index is 2.20. The van der Waals surface area contributed by atoms with Crippen molar-refractivity contribution in [3.63, 3.8) is 0 Å². The van der Waals surface area contributed by atoms with Crippen LogP contribution in [-0.2, 0) is 13.0 Å². The number of hydrogen-bond donors (Lipinski definition) is 1. The standard InChI is InChI=1S/C8H13N3O/c9-3-2-7-6-11-4-1-5-12-8(11)10-7/h6H,1-5,9H2. The number of ether oxygens (including phenoxy) is 1. The van der Waals surface area contributed by atoms with Crippen molar-refractivity contribution in [2.45, 2.75) is 19.4 Å². The lowest BCUT2D eigenvalue weighted by Crippen LogP contribution is -2.13. The van der Waals surface area contributed by atoms with Gasteiger partial charge in [0.15, 0.2) is 0 Å². The molecule has 0 unspecified atom stereocenters. The van der Waals surface area contributed by atoms with Crippen LogP contribution in [0, 0.1) is 0 Å². The van der Waals surface area contributed by atoms with Crippen LogP contribution in [0.3, 0.4) is 0 Å². The fraction of sp³-hybridized carbons (Fsp3) is 0.625. The van der Waals surface area contributed by atoms with E-state index in [4.69, 9.17) is 10.5 Å². The van der Waals surface area contributed by atoms with Crippen molar-refractivity contribution in [3.05, 3.63) is 11.9 Å². The van der Waals surface area contributed by atoms with Crippen LogP contribution in [0.2, 0.25) is 0 Å². The van der Waals surface area contributed by atoms with Crippen LogP contribution in [0.25, 0.3) is 0 Å². The smallest absolute Gasteiger partial charge is 0.296 e. The van der Waals surface area contributed by atoms with Crippen LogP contribution < -0.4 is 10.5 Å². The van der Waals surface area contributed by atoms with Gasteiger partial charge in [0.25, 0.3) is 6.01 Å². The second-order valence-electron chi connectivity index (χ2n) is 2.95. The number of nitrogens with two attached hydrogens (primary N) is 1. The lowest BCUT2D eigenvalue weighted by molar-refractivity contribution is 0.231. The van der Waals surface area contributed by atoms with Crippen LogP contribution >= 0.6 is 0 Å². The maximum atomic E-state index is 5.43. The van der Waals surface area contributed by atoms with Crippen LogP contribution in [-0.4, -0.2) is 22.7 Å². The second-order valence-corrected chi connectivity index (χ2v) is 2.95. The molecular formula is C8H13N3O. The average Bonchev–Trinajstić information content (AvgIpc) is 2.47. The van der Waals surface area contributed by atoms with E-state index in [1.54, 1.807) is 0 Å². The lowest BCUT2D eigenvalue weighted by Gasteiger charge is -2.13. The molecule has 0 aliphatic carbocycles. The molecule has 1 aromatic rings. The summed E-state index contributed by atoms with van der Waals surface area (Å²) in [5.74, 6) is 0. The van der Waals surface area contributed by atoms with Crippen LogP contribution in [0.5, 0.6) is 6.01 Å². The summed E-state index contributed by atoms with van der Waals surface area (Å²) in [7, 11) is 0. The number of aryl methyl sites for hydroxylation is 1. The van der Waals surface area contributed by atoms with Gasteiger partial charge in [0.2, 0.25) is 0 Å². The highest BCUT2D eigenvalue weighted by Gasteiger charge is 2.12. The van der Waals surface area contributed by atoms with E-state index < -0.39 is 0 Å². The van der Waals surface area contributed by atoms with E-state index in [0.29, 0.717) is 6.54 Å². The Morgan fingerprint density at radius 2 is 2.58 bits per heavy atom. The van der Waals surface area contributed by atoms with E-state index in [2.05, 4.69) is 9.55 Å². The number of hydrogen-bond acceptors (Lipinski definition) is 3. The molecule has 0 aromatic carbocycles. The molecule has 1 aliphatic rings. The fourth-order valence-corrected chi connectivity index (χ4v) is 1.39. The van der Waals surface area contributed by atoms with E-state index in [0.717, 1.165) is 37.7 Å². The summed E-state index contributed by atoms with van der Waals surface area (Å²) in [6, 6.07) is 0.754. The Morgan fingerprint density at radius 1 is 1.67 bits per heavy atom. The zero-order valence-corrected chi connectivity index (χ0v) is 6.99. The molecule has 1 aromatic heterocycles. The number of imidazole rings is 1. The summed E-state index contributed by atoms with van der Waals surface area (Å²) >= 11 is 0. The Kier molecular flexibility index (Phi) is 1.99. The highest BCUT2D eigenvalue weighted by Crippen LogP contribution is 2.16. The molecule has 66 valence electrons. The van der Waals surface area contributed by atoms with Gasteiger partial charge in [-0.3, -0.25) is 0 Å². The summed E-state index contributed by atoms with van der Waals surface area (Å²) in [6.07, 6.45) is 3.94. The van der Waals surface area contributed by atoms with E-state index in [1.165, 1.54) is 0 Å². The molecule has 0 amide bonds. The summed E-state index contributed by atoms with van der Waals surface area (Å²) in [6.45, 7) is 2.46. The molecule has 1 aliphatic heterocycles. The quantitative estimate of drug-likeness (QED) is 0.683. The first-order valence-electron chi connectivity index (χ1n) is 4.29. The van der Waals surface area contributed by atoms with Crippen LogP contribution in [0.1, 0.15) is 12.1 Å². The fourth-order valence-electron chi connectivity index (χ4n) is 1.39. The Hall–Kier alpha value is -1.03. The largest absolute Gasteiger partial charge is 0.465 e. The Morgan fingerprint density at radius 3 is 3.33 bits per heavy atom. The van der Waals surface area contributed by atoms with Gasteiger partial charge in [0, 0.05) is 19.2 Å². The molecule has 0 saturated heterocycles. The normalized spacial score (nSPS) is 15.4. The van der Waals surface area contributed by atoms with E-state index >= 15 is 0 Å². The highest BCUT2D eigenvalue weighted by atomic mass is 16.5. The third kappa shape index (κ3) is 1.30. The predicted molar refractivity (Wildman–Crippen MR) is 45.1 cm³/mol. The van der Waals surface area contributed by atoms with Gasteiger partial charge in [-0.1, -0.05) is 0 Å². The second kappa shape index (κ2) is 3.15. The monoisotopic (exact) mass is 167 g/mol. The van der Waals surface area contributed by atoms with E-state index in [9.17, 15) is 0 Å². The molecule has 12 heavy (non-hydrogen) atoms. The minimum atomic E-state index is 0.649. The molecule has 2 rings (SSSR count). The zero-order chi connectivity index (χ0) is 8.39. The molecule has 0 atom stereocenters. The lowest BCUT2D eigenvalue weighted by atomic mass is 10.3. The topological polar surface area (TPSA) is 53.1 Å². The average molecular weight is 167 g/mol. The van der Waals surface area contributed by atoms with Gasteiger partial charge in [-0.25, -0.2) is 4.98 Å². The van der Waals surface area contributed by atoms with Gasteiger partial charge < -0.3 is 15.0 Å². The van der Waals surface area contributed by atoms with Gasteiger partial charge >= 0.3 is 0 Å². The van der Waals surface area contributed by atoms with E-state index in [-0.39, 0.29) is 0 Å². The zero-order valence-electron chi connectivity index (χ0n) is 6.99. The van der Waals surface area contributed by atoms with Crippen molar-refractivity contribution in [1.29, 1.82) is 0 Å². The summed E-state index contributed by atoms with van der Waals surface area (Å²) in [5.41, 5.74) is 6.46. The van der Waals surface area contributed by atoms with Gasteiger partial charge in [-0.15, -0.1) is 0 Å². The molecule has 2 heterocycles. The molecule has 4 nitrogen and oxygen atoms in total. The third-order valence-electron chi connectivity index (χ3n) is 1.96. The summed E-state index contributed by atoms with van der Waals surface area (Å²) in [5, 5.41) is 0. The summed E-state index contributed by atoms with van der Waals surface area (Å²) in [4.78, 5) is 4.30. The van der Waals surface area contributed by atoms with Crippen LogP contribution in [0.15, 0.2) is 6.20 Å².